The van der Waals surface area contributed by atoms with Crippen molar-refractivity contribution in [1.82, 2.24) is 9.97 Å². The van der Waals surface area contributed by atoms with E-state index in [0.717, 1.165) is 0 Å². The van der Waals surface area contributed by atoms with Crippen LogP contribution in [0.4, 0.5) is 4.39 Å². The van der Waals surface area contributed by atoms with Crippen molar-refractivity contribution in [1.29, 1.82) is 0 Å². The predicted octanol–water partition coefficient (Wildman–Crippen LogP) is 3.85. The Morgan fingerprint density at radius 3 is 2.78 bits per heavy atom. The van der Waals surface area contributed by atoms with Crippen LogP contribution >= 0.6 is 27.5 Å². The van der Waals surface area contributed by atoms with Gasteiger partial charge in [0, 0.05) is 12.7 Å². The Bertz CT molecular complexity index is 580. The van der Waals surface area contributed by atoms with Crippen LogP contribution in [0.1, 0.15) is 5.69 Å². The summed E-state index contributed by atoms with van der Waals surface area (Å²) in [6.45, 7) is 0.328. The van der Waals surface area contributed by atoms with E-state index in [4.69, 9.17) is 16.3 Å². The molecule has 6 heteroatoms. The molecule has 0 spiro atoms. The zero-order valence-electron chi connectivity index (χ0n) is 9.45. The molecule has 0 aliphatic carbocycles. The highest BCUT2D eigenvalue weighted by Crippen LogP contribution is 2.23. The molecule has 0 fully saturated rings. The van der Waals surface area contributed by atoms with Gasteiger partial charge in [0.25, 0.3) is 0 Å². The van der Waals surface area contributed by atoms with Gasteiger partial charge in [0.2, 0.25) is 0 Å². The molecule has 18 heavy (non-hydrogen) atoms. The van der Waals surface area contributed by atoms with Gasteiger partial charge in [-0.25, -0.2) is 14.4 Å². The van der Waals surface area contributed by atoms with Crippen LogP contribution in [0.5, 0.6) is 0 Å². The van der Waals surface area contributed by atoms with E-state index < -0.39 is 0 Å². The summed E-state index contributed by atoms with van der Waals surface area (Å²) in [5.74, 6) is 0.00492. The monoisotopic (exact) mass is 330 g/mol. The third kappa shape index (κ3) is 3.04. The Labute approximate surface area is 117 Å². The van der Waals surface area contributed by atoms with Gasteiger partial charge < -0.3 is 4.74 Å². The van der Waals surface area contributed by atoms with E-state index in [9.17, 15) is 4.39 Å². The summed E-state index contributed by atoms with van der Waals surface area (Å²) < 4.78 is 18.8. The number of nitrogens with zero attached hydrogens (tertiary/aromatic N) is 2. The van der Waals surface area contributed by atoms with Crippen LogP contribution in [-0.4, -0.2) is 17.1 Å². The van der Waals surface area contributed by atoms with Gasteiger partial charge in [-0.15, -0.1) is 0 Å². The summed E-state index contributed by atoms with van der Waals surface area (Å²) in [5, 5.41) is 0.301. The molecule has 3 nitrogen and oxygen atoms in total. The van der Waals surface area contributed by atoms with Gasteiger partial charge in [-0.05, 0) is 40.2 Å². The zero-order valence-corrected chi connectivity index (χ0v) is 11.8. The van der Waals surface area contributed by atoms with Crippen LogP contribution in [-0.2, 0) is 11.3 Å². The number of hydrogen-bond donors (Lipinski definition) is 0. The van der Waals surface area contributed by atoms with Crippen molar-refractivity contribution in [2.45, 2.75) is 6.61 Å². The highest BCUT2D eigenvalue weighted by Gasteiger charge is 2.08. The van der Waals surface area contributed by atoms with E-state index in [-0.39, 0.29) is 5.82 Å². The van der Waals surface area contributed by atoms with Gasteiger partial charge >= 0.3 is 0 Å². The Balaban J connectivity index is 2.46. The summed E-state index contributed by atoms with van der Waals surface area (Å²) in [7, 11) is 1.56. The average molecular weight is 332 g/mol. The molecule has 94 valence electrons. The normalized spacial score (nSPS) is 10.7. The van der Waals surface area contributed by atoms with E-state index >= 15 is 0 Å². The van der Waals surface area contributed by atoms with Crippen LogP contribution < -0.4 is 0 Å². The molecule has 1 aromatic carbocycles. The van der Waals surface area contributed by atoms with E-state index in [1.54, 1.807) is 25.3 Å². The Morgan fingerprint density at radius 2 is 2.11 bits per heavy atom. The van der Waals surface area contributed by atoms with Crippen LogP contribution in [0.15, 0.2) is 28.7 Å². The lowest BCUT2D eigenvalue weighted by Gasteiger charge is -2.05. The quantitative estimate of drug-likeness (QED) is 0.801. The van der Waals surface area contributed by atoms with Crippen LogP contribution in [0.25, 0.3) is 11.4 Å². The standard InChI is InChI=1S/C12H9BrClFN2O/c1-18-6-8-5-11(14)17-12(16-8)7-2-3-9(13)10(15)4-7/h2-5H,6H2,1H3. The first-order valence-corrected chi connectivity index (χ1v) is 6.25. The van der Waals surface area contributed by atoms with Crippen molar-refractivity contribution < 1.29 is 9.13 Å². The molecule has 0 saturated carbocycles. The first-order valence-electron chi connectivity index (χ1n) is 5.08. The van der Waals surface area contributed by atoms with Crippen molar-refractivity contribution >= 4 is 27.5 Å². The summed E-state index contributed by atoms with van der Waals surface area (Å²) in [5.41, 5.74) is 1.21. The molecular weight excluding hydrogens is 322 g/mol. The third-order valence-corrected chi connectivity index (χ3v) is 3.05. The summed E-state index contributed by atoms with van der Waals surface area (Å²) in [6, 6.07) is 6.29. The Kier molecular flexibility index (Phi) is 4.27. The van der Waals surface area contributed by atoms with E-state index in [0.29, 0.717) is 33.3 Å². The molecule has 2 rings (SSSR count). The minimum Gasteiger partial charge on any atom is -0.378 e. The number of ether oxygens (including phenoxy) is 1. The summed E-state index contributed by atoms with van der Waals surface area (Å²) in [6.07, 6.45) is 0. The maximum Gasteiger partial charge on any atom is 0.161 e. The molecule has 0 radical (unpaired) electrons. The average Bonchev–Trinajstić information content (AvgIpc) is 2.32. The second kappa shape index (κ2) is 5.73. The van der Waals surface area contributed by atoms with E-state index in [1.807, 2.05) is 0 Å². The third-order valence-electron chi connectivity index (χ3n) is 2.22. The van der Waals surface area contributed by atoms with Crippen molar-refractivity contribution in [3.63, 3.8) is 0 Å². The van der Waals surface area contributed by atoms with Crippen molar-refractivity contribution in [2.75, 3.05) is 7.11 Å². The maximum absolute atomic E-state index is 13.5. The van der Waals surface area contributed by atoms with E-state index in [1.165, 1.54) is 6.07 Å². The first kappa shape index (κ1) is 13.4. The van der Waals surface area contributed by atoms with Gasteiger partial charge in [-0.3, -0.25) is 0 Å². The molecule has 0 bridgehead atoms. The van der Waals surface area contributed by atoms with Gasteiger partial charge in [0.1, 0.15) is 11.0 Å². The van der Waals surface area contributed by atoms with Crippen LogP contribution in [0.3, 0.4) is 0 Å². The minimum atomic E-state index is -0.371. The SMILES string of the molecule is COCc1cc(Cl)nc(-c2ccc(Br)c(F)c2)n1. The second-order valence-electron chi connectivity index (χ2n) is 3.57. The number of rotatable bonds is 3. The smallest absolute Gasteiger partial charge is 0.161 e. The molecule has 2 aromatic rings. The molecule has 0 unspecified atom stereocenters. The predicted molar refractivity (Wildman–Crippen MR) is 70.8 cm³/mol. The molecule has 0 atom stereocenters. The molecular formula is C12H9BrClFN2O. The Hall–Kier alpha value is -1.04. The van der Waals surface area contributed by atoms with Crippen LogP contribution in [0, 0.1) is 5.82 Å². The van der Waals surface area contributed by atoms with E-state index in [2.05, 4.69) is 25.9 Å². The lowest BCUT2D eigenvalue weighted by molar-refractivity contribution is 0.181. The number of aromatic nitrogens is 2. The molecule has 1 aromatic heterocycles. The van der Waals surface area contributed by atoms with Gasteiger partial charge in [0.05, 0.1) is 16.8 Å². The second-order valence-corrected chi connectivity index (χ2v) is 4.81. The Morgan fingerprint density at radius 1 is 1.33 bits per heavy atom. The largest absolute Gasteiger partial charge is 0.378 e. The topological polar surface area (TPSA) is 35.0 Å². The molecule has 0 aliphatic rings. The highest BCUT2D eigenvalue weighted by molar-refractivity contribution is 9.10. The minimum absolute atomic E-state index is 0.301. The fourth-order valence-electron chi connectivity index (χ4n) is 1.45. The molecule has 1 heterocycles. The molecule has 0 N–H and O–H groups in total. The van der Waals surface area contributed by atoms with Gasteiger partial charge in [-0.1, -0.05) is 11.6 Å². The van der Waals surface area contributed by atoms with Gasteiger partial charge in [-0.2, -0.15) is 0 Å². The summed E-state index contributed by atoms with van der Waals surface area (Å²) in [4.78, 5) is 8.34. The fourth-order valence-corrected chi connectivity index (χ4v) is 1.90. The van der Waals surface area contributed by atoms with Crippen LogP contribution in [0.2, 0.25) is 5.15 Å². The zero-order chi connectivity index (χ0) is 13.1. The van der Waals surface area contributed by atoms with Crippen molar-refractivity contribution in [3.05, 3.63) is 45.4 Å². The number of halogens is 3. The molecule has 0 amide bonds. The molecule has 0 aliphatic heterocycles. The lowest BCUT2D eigenvalue weighted by atomic mass is 10.2. The highest BCUT2D eigenvalue weighted by atomic mass is 79.9. The molecule has 0 saturated heterocycles. The van der Waals surface area contributed by atoms with Crippen molar-refractivity contribution in [2.24, 2.45) is 0 Å². The number of methoxy groups -OCH3 is 1. The van der Waals surface area contributed by atoms with Gasteiger partial charge in [0.15, 0.2) is 5.82 Å². The van der Waals surface area contributed by atoms with Crippen molar-refractivity contribution in [3.8, 4) is 11.4 Å². The fraction of sp³-hybridized carbons (Fsp3) is 0.167. The lowest BCUT2D eigenvalue weighted by Crippen LogP contribution is -1.98. The number of hydrogen-bond acceptors (Lipinski definition) is 3. The number of benzene rings is 1. The maximum atomic E-state index is 13.5. The first-order chi connectivity index (χ1) is 8.60. The summed E-state index contributed by atoms with van der Waals surface area (Å²) >= 11 is 8.99.